The van der Waals surface area contributed by atoms with Crippen molar-refractivity contribution in [2.45, 2.75) is 13.5 Å². The maximum Gasteiger partial charge on any atom is 0.387 e. The first kappa shape index (κ1) is 18.1. The van der Waals surface area contributed by atoms with E-state index in [0.717, 1.165) is 0 Å². The number of rotatable bonds is 7. The Hall–Kier alpha value is -3.23. The van der Waals surface area contributed by atoms with Gasteiger partial charge in [-0.05, 0) is 36.8 Å². The van der Waals surface area contributed by atoms with Gasteiger partial charge in [-0.15, -0.1) is 0 Å². The summed E-state index contributed by atoms with van der Waals surface area (Å²) in [5.74, 6) is -0.395. The predicted molar refractivity (Wildman–Crippen MR) is 88.0 cm³/mol. The van der Waals surface area contributed by atoms with E-state index in [4.69, 9.17) is 0 Å². The molecule has 0 bridgehead atoms. The van der Waals surface area contributed by atoms with E-state index < -0.39 is 17.4 Å². The van der Waals surface area contributed by atoms with Crippen LogP contribution in [-0.2, 0) is 4.79 Å². The summed E-state index contributed by atoms with van der Waals surface area (Å²) in [6.07, 6.45) is 0. The first-order chi connectivity index (χ1) is 11.8. The summed E-state index contributed by atoms with van der Waals surface area (Å²) >= 11 is 0. The highest BCUT2D eigenvalue weighted by Crippen LogP contribution is 2.22. The number of hydrogen-bond acceptors (Lipinski definition) is 5. The van der Waals surface area contributed by atoms with Crippen molar-refractivity contribution in [3.05, 3.63) is 58.1 Å². The fourth-order valence-electron chi connectivity index (χ4n) is 1.99. The number of hydrogen-bond donors (Lipinski definition) is 2. The molecule has 0 aliphatic rings. The molecule has 0 aromatic heterocycles. The average Bonchev–Trinajstić information content (AvgIpc) is 2.55. The number of nitro benzene ring substituents is 1. The van der Waals surface area contributed by atoms with Gasteiger partial charge in [0.2, 0.25) is 5.91 Å². The third-order valence-electron chi connectivity index (χ3n) is 3.24. The van der Waals surface area contributed by atoms with Crippen LogP contribution in [0.1, 0.15) is 5.56 Å². The largest absolute Gasteiger partial charge is 0.435 e. The number of nitrogens with zero attached hydrogens (tertiary/aromatic N) is 1. The Labute approximate surface area is 141 Å². The van der Waals surface area contributed by atoms with Gasteiger partial charge in [0.05, 0.1) is 17.2 Å². The molecule has 2 N–H and O–H groups in total. The number of carbonyl (C=O) groups is 1. The van der Waals surface area contributed by atoms with Gasteiger partial charge in [-0.3, -0.25) is 14.9 Å². The maximum atomic E-state index is 12.1. The number of carbonyl (C=O) groups excluding carboxylic acids is 1. The minimum Gasteiger partial charge on any atom is -0.435 e. The summed E-state index contributed by atoms with van der Waals surface area (Å²) in [6.45, 7) is -1.28. The molecule has 0 aliphatic carbocycles. The van der Waals surface area contributed by atoms with Crippen LogP contribution in [0.15, 0.2) is 42.5 Å². The molecule has 9 heteroatoms. The Morgan fingerprint density at radius 3 is 2.52 bits per heavy atom. The molecule has 0 radical (unpaired) electrons. The lowest BCUT2D eigenvalue weighted by Crippen LogP contribution is -2.22. The smallest absolute Gasteiger partial charge is 0.387 e. The summed E-state index contributed by atoms with van der Waals surface area (Å²) in [7, 11) is 0. The molecule has 0 fully saturated rings. The number of ether oxygens (including phenoxy) is 1. The van der Waals surface area contributed by atoms with E-state index in [-0.39, 0.29) is 18.0 Å². The second-order valence-corrected chi connectivity index (χ2v) is 5.06. The number of nitro groups is 1. The van der Waals surface area contributed by atoms with E-state index in [0.29, 0.717) is 16.9 Å². The lowest BCUT2D eigenvalue weighted by atomic mass is 10.2. The van der Waals surface area contributed by atoms with Crippen LogP contribution >= 0.6 is 0 Å². The van der Waals surface area contributed by atoms with Crippen molar-refractivity contribution in [2.24, 2.45) is 0 Å². The predicted octanol–water partition coefficient (Wildman–Crippen LogP) is 3.56. The summed E-state index contributed by atoms with van der Waals surface area (Å²) in [4.78, 5) is 22.2. The SMILES string of the molecule is Cc1ccc([N+](=O)[O-])cc1NC(=O)CNc1ccc(OC(F)F)cc1. The van der Waals surface area contributed by atoms with Gasteiger partial charge in [0, 0.05) is 17.8 Å². The van der Waals surface area contributed by atoms with Crippen LogP contribution < -0.4 is 15.4 Å². The lowest BCUT2D eigenvalue weighted by Gasteiger charge is -2.10. The molecule has 0 unspecified atom stereocenters. The molecule has 2 rings (SSSR count). The summed E-state index contributed by atoms with van der Waals surface area (Å²) in [5.41, 5.74) is 1.45. The highest BCUT2D eigenvalue weighted by molar-refractivity contribution is 5.94. The number of anilines is 2. The van der Waals surface area contributed by atoms with Crippen molar-refractivity contribution in [1.82, 2.24) is 0 Å². The first-order valence-corrected chi connectivity index (χ1v) is 7.19. The van der Waals surface area contributed by atoms with Gasteiger partial charge in [-0.2, -0.15) is 8.78 Å². The van der Waals surface area contributed by atoms with Crippen molar-refractivity contribution < 1.29 is 23.2 Å². The van der Waals surface area contributed by atoms with Gasteiger partial charge in [0.1, 0.15) is 5.75 Å². The molecule has 2 aromatic rings. The van der Waals surface area contributed by atoms with Crippen LogP contribution in [-0.4, -0.2) is 24.0 Å². The molecule has 25 heavy (non-hydrogen) atoms. The molecule has 132 valence electrons. The fraction of sp³-hybridized carbons (Fsp3) is 0.188. The van der Waals surface area contributed by atoms with Gasteiger partial charge in [0.25, 0.3) is 5.69 Å². The molecule has 0 saturated carbocycles. The zero-order valence-corrected chi connectivity index (χ0v) is 13.2. The Morgan fingerprint density at radius 1 is 1.24 bits per heavy atom. The Balaban J connectivity index is 1.92. The second kappa shape index (κ2) is 8.04. The van der Waals surface area contributed by atoms with Gasteiger partial charge in [-0.1, -0.05) is 6.07 Å². The second-order valence-electron chi connectivity index (χ2n) is 5.06. The monoisotopic (exact) mass is 351 g/mol. The summed E-state index contributed by atoms with van der Waals surface area (Å²) < 4.78 is 28.3. The van der Waals surface area contributed by atoms with E-state index in [1.54, 1.807) is 13.0 Å². The topological polar surface area (TPSA) is 93.5 Å². The van der Waals surface area contributed by atoms with E-state index >= 15 is 0 Å². The van der Waals surface area contributed by atoms with Crippen LogP contribution in [0, 0.1) is 17.0 Å². The van der Waals surface area contributed by atoms with E-state index in [1.807, 2.05) is 0 Å². The normalized spacial score (nSPS) is 10.4. The van der Waals surface area contributed by atoms with E-state index in [2.05, 4.69) is 15.4 Å². The van der Waals surface area contributed by atoms with E-state index in [9.17, 15) is 23.7 Å². The number of halogens is 2. The third-order valence-corrected chi connectivity index (χ3v) is 3.24. The molecule has 0 heterocycles. The Bertz CT molecular complexity index is 766. The number of nitrogens with one attached hydrogen (secondary N) is 2. The molecular weight excluding hydrogens is 336 g/mol. The zero-order valence-electron chi connectivity index (χ0n) is 13.2. The van der Waals surface area contributed by atoms with Gasteiger partial charge < -0.3 is 15.4 Å². The van der Waals surface area contributed by atoms with Crippen LogP contribution in [0.4, 0.5) is 25.8 Å². The molecule has 7 nitrogen and oxygen atoms in total. The van der Waals surface area contributed by atoms with Gasteiger partial charge >= 0.3 is 6.61 Å². The maximum absolute atomic E-state index is 12.1. The average molecular weight is 351 g/mol. The molecule has 0 atom stereocenters. The zero-order chi connectivity index (χ0) is 18.4. The van der Waals surface area contributed by atoms with Gasteiger partial charge in [-0.25, -0.2) is 0 Å². The summed E-state index contributed by atoms with van der Waals surface area (Å²) in [6, 6.07) is 9.85. The van der Waals surface area contributed by atoms with Gasteiger partial charge in [0.15, 0.2) is 0 Å². The van der Waals surface area contributed by atoms with Crippen molar-refractivity contribution in [2.75, 3.05) is 17.2 Å². The highest BCUT2D eigenvalue weighted by atomic mass is 19.3. The van der Waals surface area contributed by atoms with Crippen molar-refractivity contribution in [3.8, 4) is 5.75 Å². The van der Waals surface area contributed by atoms with Crippen LogP contribution in [0.25, 0.3) is 0 Å². The summed E-state index contributed by atoms with van der Waals surface area (Å²) in [5, 5.41) is 16.2. The highest BCUT2D eigenvalue weighted by Gasteiger charge is 2.11. The van der Waals surface area contributed by atoms with Crippen molar-refractivity contribution in [1.29, 1.82) is 0 Å². The van der Waals surface area contributed by atoms with Crippen molar-refractivity contribution in [3.63, 3.8) is 0 Å². The molecule has 2 aromatic carbocycles. The van der Waals surface area contributed by atoms with Crippen LogP contribution in [0.5, 0.6) is 5.75 Å². The standard InChI is InChI=1S/C16H15F2N3O4/c1-10-2-5-12(21(23)24)8-14(10)20-15(22)9-19-11-3-6-13(7-4-11)25-16(17)18/h2-8,16,19H,9H2,1H3,(H,20,22). The third kappa shape index (κ3) is 5.41. The van der Waals surface area contributed by atoms with Crippen LogP contribution in [0.3, 0.4) is 0 Å². The minimum atomic E-state index is -2.90. The first-order valence-electron chi connectivity index (χ1n) is 7.19. The number of aryl methyl sites for hydroxylation is 1. The molecule has 0 saturated heterocycles. The fourth-order valence-corrected chi connectivity index (χ4v) is 1.99. The Kier molecular flexibility index (Phi) is 5.83. The number of benzene rings is 2. The van der Waals surface area contributed by atoms with Crippen molar-refractivity contribution >= 4 is 23.0 Å². The number of alkyl halides is 2. The quantitative estimate of drug-likeness (QED) is 0.588. The minimum absolute atomic E-state index is 0.0113. The van der Waals surface area contributed by atoms with Crippen LogP contribution in [0.2, 0.25) is 0 Å². The number of amides is 1. The number of non-ortho nitro benzene ring substituents is 1. The molecular formula is C16H15F2N3O4. The van der Waals surface area contributed by atoms with E-state index in [1.165, 1.54) is 36.4 Å². The lowest BCUT2D eigenvalue weighted by molar-refractivity contribution is -0.384. The Morgan fingerprint density at radius 2 is 1.92 bits per heavy atom. The molecule has 0 aliphatic heterocycles. The molecule has 1 amide bonds. The molecule has 0 spiro atoms.